The first-order valence-electron chi connectivity index (χ1n) is 10.8. The summed E-state index contributed by atoms with van der Waals surface area (Å²) >= 11 is 1.32. The van der Waals surface area contributed by atoms with Gasteiger partial charge in [0.15, 0.2) is 5.13 Å². The lowest BCUT2D eigenvalue weighted by molar-refractivity contribution is -0.384. The lowest BCUT2D eigenvalue weighted by Crippen LogP contribution is -2.31. The molecule has 0 saturated heterocycles. The number of nitro groups is 1. The molecular weight excluding hydrogens is 468 g/mol. The van der Waals surface area contributed by atoms with Crippen molar-refractivity contribution in [3.05, 3.63) is 87.3 Å². The predicted molar refractivity (Wildman–Crippen MR) is 131 cm³/mol. The van der Waals surface area contributed by atoms with Gasteiger partial charge >= 0.3 is 0 Å². The molecule has 0 spiro atoms. The summed E-state index contributed by atoms with van der Waals surface area (Å²) in [6.45, 7) is 0.0355. The van der Waals surface area contributed by atoms with Crippen LogP contribution in [0.15, 0.2) is 66.0 Å². The zero-order valence-electron chi connectivity index (χ0n) is 18.3. The molecule has 9 nitrogen and oxygen atoms in total. The second-order valence-corrected chi connectivity index (χ2v) is 8.86. The van der Waals surface area contributed by atoms with Crippen molar-refractivity contribution in [2.45, 2.75) is 12.8 Å². The van der Waals surface area contributed by atoms with Crippen molar-refractivity contribution < 1.29 is 19.3 Å². The fourth-order valence-corrected chi connectivity index (χ4v) is 4.72. The van der Waals surface area contributed by atoms with E-state index < -0.39 is 16.7 Å². The summed E-state index contributed by atoms with van der Waals surface area (Å²) in [5.74, 6) is -1.38. The number of anilines is 1. The van der Waals surface area contributed by atoms with Gasteiger partial charge in [-0.05, 0) is 29.3 Å². The molecule has 0 unspecified atom stereocenters. The number of nitro benzene ring substituents is 1. The van der Waals surface area contributed by atoms with Crippen molar-refractivity contribution in [3.63, 3.8) is 0 Å². The van der Waals surface area contributed by atoms with Gasteiger partial charge < -0.3 is 5.32 Å². The van der Waals surface area contributed by atoms with Crippen molar-refractivity contribution in [2.24, 2.45) is 0 Å². The average molecular weight is 487 g/mol. The minimum atomic E-state index is -0.616. The number of rotatable bonds is 7. The van der Waals surface area contributed by atoms with Crippen molar-refractivity contribution in [1.29, 1.82) is 0 Å². The van der Waals surface area contributed by atoms with Gasteiger partial charge in [0.25, 0.3) is 17.5 Å². The lowest BCUT2D eigenvalue weighted by atomic mass is 10.1. The molecule has 35 heavy (non-hydrogen) atoms. The van der Waals surface area contributed by atoms with Gasteiger partial charge in [-0.3, -0.25) is 29.4 Å². The Kier molecular flexibility index (Phi) is 5.79. The summed E-state index contributed by atoms with van der Waals surface area (Å²) in [6.07, 6.45) is 0.334. The predicted octanol–water partition coefficient (Wildman–Crippen LogP) is 4.89. The number of carbonyl (C=O) groups is 3. The highest BCUT2D eigenvalue weighted by Crippen LogP contribution is 2.29. The third kappa shape index (κ3) is 4.38. The molecular formula is C25H18N4O5S. The monoisotopic (exact) mass is 486 g/mol. The first-order chi connectivity index (χ1) is 16.9. The van der Waals surface area contributed by atoms with Crippen LogP contribution in [0.5, 0.6) is 0 Å². The summed E-state index contributed by atoms with van der Waals surface area (Å²) in [7, 11) is 0. The van der Waals surface area contributed by atoms with Gasteiger partial charge in [0.05, 0.1) is 21.7 Å². The number of carbonyl (C=O) groups excluding carboxylic acids is 3. The Morgan fingerprint density at radius 1 is 1.00 bits per heavy atom. The smallest absolute Gasteiger partial charge is 0.270 e. The molecule has 4 aromatic rings. The quantitative estimate of drug-likeness (QED) is 0.226. The van der Waals surface area contributed by atoms with Crippen LogP contribution in [0.25, 0.3) is 22.0 Å². The SMILES string of the molecule is O=C(CCCN1C(=O)c2ccc([N+](=O)[O-])cc2C1=O)Nc1nc(-c2ccc3ccccc3c2)cs1. The number of hydrogen-bond acceptors (Lipinski definition) is 7. The second kappa shape index (κ2) is 9.07. The summed E-state index contributed by atoms with van der Waals surface area (Å²) in [6, 6.07) is 17.7. The highest BCUT2D eigenvalue weighted by Gasteiger charge is 2.36. The minimum absolute atomic E-state index is 0.0117. The topological polar surface area (TPSA) is 123 Å². The molecule has 0 aliphatic carbocycles. The molecule has 5 rings (SSSR count). The largest absolute Gasteiger partial charge is 0.302 e. The van der Waals surface area contributed by atoms with E-state index in [1.807, 2.05) is 47.8 Å². The highest BCUT2D eigenvalue weighted by molar-refractivity contribution is 7.14. The number of benzene rings is 3. The van der Waals surface area contributed by atoms with Gasteiger partial charge in [-0.15, -0.1) is 11.3 Å². The van der Waals surface area contributed by atoms with Gasteiger partial charge in [-0.25, -0.2) is 4.98 Å². The number of hydrogen-bond donors (Lipinski definition) is 1. The van der Waals surface area contributed by atoms with Crippen LogP contribution in [0.2, 0.25) is 0 Å². The van der Waals surface area contributed by atoms with E-state index in [1.165, 1.54) is 23.5 Å². The van der Waals surface area contributed by atoms with E-state index in [9.17, 15) is 24.5 Å². The van der Waals surface area contributed by atoms with Gasteiger partial charge in [0.2, 0.25) is 5.91 Å². The van der Waals surface area contributed by atoms with E-state index in [0.717, 1.165) is 33.0 Å². The fourth-order valence-electron chi connectivity index (χ4n) is 3.99. The maximum Gasteiger partial charge on any atom is 0.270 e. The molecule has 1 aliphatic heterocycles. The van der Waals surface area contributed by atoms with Gasteiger partial charge in [-0.2, -0.15) is 0 Å². The molecule has 1 N–H and O–H groups in total. The summed E-state index contributed by atoms with van der Waals surface area (Å²) in [5, 5.41) is 18.3. The first kappa shape index (κ1) is 22.4. The molecule has 0 radical (unpaired) electrons. The number of amides is 3. The van der Waals surface area contributed by atoms with E-state index in [0.29, 0.717) is 5.13 Å². The number of thiazole rings is 1. The molecule has 1 aliphatic rings. The fraction of sp³-hybridized carbons (Fsp3) is 0.120. The zero-order chi connectivity index (χ0) is 24.5. The summed E-state index contributed by atoms with van der Waals surface area (Å²) in [5.41, 5.74) is 1.60. The van der Waals surface area contributed by atoms with E-state index in [-0.39, 0.29) is 42.1 Å². The van der Waals surface area contributed by atoms with Crippen molar-refractivity contribution in [1.82, 2.24) is 9.88 Å². The Balaban J connectivity index is 1.17. The molecule has 3 amide bonds. The van der Waals surface area contributed by atoms with E-state index in [4.69, 9.17) is 0 Å². The third-order valence-corrected chi connectivity index (χ3v) is 6.50. The maximum atomic E-state index is 12.5. The van der Waals surface area contributed by atoms with Crippen molar-refractivity contribution in [3.8, 4) is 11.3 Å². The van der Waals surface area contributed by atoms with Crippen molar-refractivity contribution in [2.75, 3.05) is 11.9 Å². The Hall–Kier alpha value is -4.44. The molecule has 10 heteroatoms. The van der Waals surface area contributed by atoms with Crippen LogP contribution in [0.3, 0.4) is 0 Å². The van der Waals surface area contributed by atoms with E-state index in [1.54, 1.807) is 0 Å². The third-order valence-electron chi connectivity index (χ3n) is 5.75. The molecule has 3 aromatic carbocycles. The molecule has 0 atom stereocenters. The summed E-state index contributed by atoms with van der Waals surface area (Å²) < 4.78 is 0. The number of nitrogens with one attached hydrogen (secondary N) is 1. The van der Waals surface area contributed by atoms with Gasteiger partial charge in [0, 0.05) is 36.0 Å². The molecule has 0 saturated carbocycles. The minimum Gasteiger partial charge on any atom is -0.302 e. The number of imide groups is 1. The molecule has 174 valence electrons. The van der Waals surface area contributed by atoms with Crippen LogP contribution in [-0.4, -0.2) is 39.1 Å². The standard InChI is InChI=1S/C25H18N4O5S/c30-22(6-3-11-28-23(31)19-10-9-18(29(33)34)13-20(19)24(28)32)27-25-26-21(14-35-25)17-8-7-15-4-1-2-5-16(15)12-17/h1-2,4-5,7-10,12-14H,3,6,11H2,(H,26,27,30). The van der Waals surface area contributed by atoms with Crippen LogP contribution in [0.4, 0.5) is 10.8 Å². The average Bonchev–Trinajstić information content (AvgIpc) is 3.42. The highest BCUT2D eigenvalue weighted by atomic mass is 32.1. The Labute approximate surface area is 203 Å². The Morgan fingerprint density at radius 3 is 2.57 bits per heavy atom. The van der Waals surface area contributed by atoms with Gasteiger partial charge in [-0.1, -0.05) is 36.4 Å². The van der Waals surface area contributed by atoms with Crippen LogP contribution < -0.4 is 5.32 Å². The van der Waals surface area contributed by atoms with Gasteiger partial charge in [0.1, 0.15) is 0 Å². The van der Waals surface area contributed by atoms with E-state index >= 15 is 0 Å². The van der Waals surface area contributed by atoms with Crippen LogP contribution >= 0.6 is 11.3 Å². The molecule has 0 fully saturated rings. The Bertz CT molecular complexity index is 1510. The lowest BCUT2D eigenvalue weighted by Gasteiger charge is -2.13. The normalized spacial score (nSPS) is 12.7. The Morgan fingerprint density at radius 2 is 1.77 bits per heavy atom. The second-order valence-electron chi connectivity index (χ2n) is 8.00. The van der Waals surface area contributed by atoms with Crippen LogP contribution in [0.1, 0.15) is 33.6 Å². The molecule has 2 heterocycles. The van der Waals surface area contributed by atoms with Crippen molar-refractivity contribution >= 4 is 50.6 Å². The van der Waals surface area contributed by atoms with E-state index in [2.05, 4.69) is 10.3 Å². The zero-order valence-corrected chi connectivity index (χ0v) is 19.1. The molecule has 1 aromatic heterocycles. The number of aromatic nitrogens is 1. The number of fused-ring (bicyclic) bond motifs is 2. The number of nitrogens with zero attached hydrogens (tertiary/aromatic N) is 3. The number of non-ortho nitro benzene ring substituents is 1. The van der Waals surface area contributed by atoms with Crippen LogP contribution in [-0.2, 0) is 4.79 Å². The molecule has 0 bridgehead atoms. The summed E-state index contributed by atoms with van der Waals surface area (Å²) in [4.78, 5) is 53.3. The maximum absolute atomic E-state index is 12.5. The first-order valence-corrected chi connectivity index (χ1v) is 11.7. The van der Waals surface area contributed by atoms with Crippen LogP contribution in [0, 0.1) is 10.1 Å².